The molecule has 7 heteroatoms. The third-order valence-electron chi connectivity index (χ3n) is 3.16. The normalized spacial score (nSPS) is 11.0. The van der Waals surface area contributed by atoms with Gasteiger partial charge in [0.1, 0.15) is 11.5 Å². The Kier molecular flexibility index (Phi) is 7.78. The maximum Gasteiger partial charge on any atom is 0.257 e. The molecule has 0 saturated carbocycles. The Morgan fingerprint density at radius 3 is 2.62 bits per heavy atom. The molecule has 1 heterocycles. The highest BCUT2D eigenvalue weighted by Gasteiger charge is 2.13. The van der Waals surface area contributed by atoms with Crippen LogP contribution >= 0.6 is 23.1 Å². The van der Waals surface area contributed by atoms with Crippen molar-refractivity contribution in [1.29, 1.82) is 0 Å². The van der Waals surface area contributed by atoms with E-state index in [4.69, 9.17) is 9.47 Å². The van der Waals surface area contributed by atoms with Crippen LogP contribution in [0.25, 0.3) is 0 Å². The molecule has 1 aromatic carbocycles. The van der Waals surface area contributed by atoms with Crippen LogP contribution in [0.5, 0.6) is 11.5 Å². The van der Waals surface area contributed by atoms with Gasteiger partial charge in [-0.2, -0.15) is 11.8 Å². The average molecular weight is 395 g/mol. The van der Waals surface area contributed by atoms with E-state index in [9.17, 15) is 4.79 Å². The molecule has 26 heavy (non-hydrogen) atoms. The average Bonchev–Trinajstić information content (AvgIpc) is 2.99. The van der Waals surface area contributed by atoms with E-state index in [2.05, 4.69) is 24.1 Å². The van der Waals surface area contributed by atoms with E-state index < -0.39 is 0 Å². The number of hydrogen-bond donors (Lipinski definition) is 1. The van der Waals surface area contributed by atoms with E-state index in [1.165, 1.54) is 11.3 Å². The van der Waals surface area contributed by atoms with E-state index in [0.29, 0.717) is 34.7 Å². The van der Waals surface area contributed by atoms with Crippen molar-refractivity contribution in [2.24, 2.45) is 5.92 Å². The minimum atomic E-state index is -0.223. The van der Waals surface area contributed by atoms with Crippen LogP contribution in [0.15, 0.2) is 23.6 Å². The number of benzene rings is 1. The number of nitrogens with zero attached hydrogens (tertiary/aromatic N) is 1. The molecule has 1 N–H and O–H groups in total. The lowest BCUT2D eigenvalue weighted by molar-refractivity contribution is 0.102. The molecule has 0 unspecified atom stereocenters. The summed E-state index contributed by atoms with van der Waals surface area (Å²) in [6.07, 6.45) is 2.04. The molecule has 0 spiro atoms. The minimum Gasteiger partial charge on any atom is -0.493 e. The van der Waals surface area contributed by atoms with E-state index in [1.807, 2.05) is 31.5 Å². The Bertz CT molecular complexity index is 729. The second-order valence-electron chi connectivity index (χ2n) is 6.60. The van der Waals surface area contributed by atoms with Crippen LogP contribution in [0.3, 0.4) is 0 Å². The first kappa shape index (κ1) is 20.6. The van der Waals surface area contributed by atoms with Gasteiger partial charge in [-0.1, -0.05) is 13.8 Å². The third-order valence-corrected chi connectivity index (χ3v) is 4.55. The summed E-state index contributed by atoms with van der Waals surface area (Å²) < 4.78 is 11.6. The van der Waals surface area contributed by atoms with Crippen LogP contribution in [0, 0.1) is 5.92 Å². The summed E-state index contributed by atoms with van der Waals surface area (Å²) in [5.74, 6) is 2.25. The number of carbonyl (C=O) groups excluding carboxylic acids is 1. The van der Waals surface area contributed by atoms with Gasteiger partial charge in [0, 0.05) is 22.8 Å². The molecule has 0 radical (unpaired) electrons. The van der Waals surface area contributed by atoms with Crippen molar-refractivity contribution in [3.8, 4) is 11.5 Å². The number of hydrogen-bond acceptors (Lipinski definition) is 6. The fourth-order valence-electron chi connectivity index (χ4n) is 2.14. The summed E-state index contributed by atoms with van der Waals surface area (Å²) in [4.78, 5) is 17.1. The summed E-state index contributed by atoms with van der Waals surface area (Å²) in [5.41, 5.74) is 1.46. The van der Waals surface area contributed by atoms with E-state index >= 15 is 0 Å². The highest BCUT2D eigenvalue weighted by atomic mass is 32.2. The first-order chi connectivity index (χ1) is 12.4. The highest BCUT2D eigenvalue weighted by molar-refractivity contribution is 7.97. The first-order valence-corrected chi connectivity index (χ1v) is 10.8. The molecule has 0 aliphatic carbocycles. The predicted octanol–water partition coefficient (Wildman–Crippen LogP) is 5.08. The van der Waals surface area contributed by atoms with Gasteiger partial charge in [0.15, 0.2) is 5.13 Å². The summed E-state index contributed by atoms with van der Waals surface area (Å²) >= 11 is 3.13. The molecule has 0 saturated heterocycles. The third kappa shape index (κ3) is 6.53. The number of thioether (sulfide) groups is 1. The van der Waals surface area contributed by atoms with Crippen molar-refractivity contribution in [1.82, 2.24) is 4.98 Å². The van der Waals surface area contributed by atoms with Gasteiger partial charge in [-0.25, -0.2) is 4.98 Å². The number of anilines is 1. The fourth-order valence-corrected chi connectivity index (χ4v) is 3.39. The Morgan fingerprint density at radius 2 is 1.96 bits per heavy atom. The number of amides is 1. The summed E-state index contributed by atoms with van der Waals surface area (Å²) in [5, 5.41) is 5.41. The van der Waals surface area contributed by atoms with Crippen molar-refractivity contribution in [3.05, 3.63) is 34.8 Å². The van der Waals surface area contributed by atoms with Crippen molar-refractivity contribution < 1.29 is 14.3 Å². The molecule has 0 aliphatic rings. The maximum absolute atomic E-state index is 12.6. The molecule has 1 aromatic heterocycles. The molecule has 0 atom stereocenters. The van der Waals surface area contributed by atoms with Gasteiger partial charge in [0.2, 0.25) is 0 Å². The molecule has 5 nitrogen and oxygen atoms in total. The van der Waals surface area contributed by atoms with Crippen molar-refractivity contribution >= 4 is 34.1 Å². The Labute approximate surface area is 163 Å². The summed E-state index contributed by atoms with van der Waals surface area (Å²) in [6, 6.07) is 5.29. The van der Waals surface area contributed by atoms with Crippen LogP contribution in [0.4, 0.5) is 5.13 Å². The zero-order valence-corrected chi connectivity index (χ0v) is 17.5. The van der Waals surface area contributed by atoms with E-state index in [1.54, 1.807) is 23.9 Å². The lowest BCUT2D eigenvalue weighted by Gasteiger charge is -2.15. The first-order valence-electron chi connectivity index (χ1n) is 8.56. The summed E-state index contributed by atoms with van der Waals surface area (Å²) in [6.45, 7) is 8.64. The van der Waals surface area contributed by atoms with Gasteiger partial charge < -0.3 is 9.47 Å². The Balaban J connectivity index is 2.18. The summed E-state index contributed by atoms with van der Waals surface area (Å²) in [7, 11) is 0. The zero-order valence-electron chi connectivity index (χ0n) is 15.9. The second kappa shape index (κ2) is 9.83. The maximum atomic E-state index is 12.6. The molecular formula is C19H26N2O3S2. The molecule has 142 valence electrons. The zero-order chi connectivity index (χ0) is 19.1. The lowest BCUT2D eigenvalue weighted by Crippen LogP contribution is -2.14. The number of ether oxygens (including phenoxy) is 2. The number of thiazole rings is 1. The van der Waals surface area contributed by atoms with Crippen LogP contribution < -0.4 is 14.8 Å². The van der Waals surface area contributed by atoms with E-state index in [0.717, 1.165) is 11.4 Å². The highest BCUT2D eigenvalue weighted by Crippen LogP contribution is 2.26. The van der Waals surface area contributed by atoms with Crippen LogP contribution in [0.2, 0.25) is 0 Å². The SMILES string of the molecule is CSCc1csc(NC(=O)c2cc(OCC(C)C)cc(OC(C)C)c2)n1. The molecule has 2 aromatic rings. The van der Waals surface area contributed by atoms with Gasteiger partial charge in [0.25, 0.3) is 5.91 Å². The van der Waals surface area contributed by atoms with E-state index in [-0.39, 0.29) is 12.0 Å². The fraction of sp³-hybridized carbons (Fsp3) is 0.474. The number of nitrogens with one attached hydrogen (secondary N) is 1. The van der Waals surface area contributed by atoms with Gasteiger partial charge in [-0.3, -0.25) is 10.1 Å². The van der Waals surface area contributed by atoms with Gasteiger partial charge in [-0.15, -0.1) is 11.3 Å². The molecule has 1 amide bonds. The van der Waals surface area contributed by atoms with Crippen molar-refractivity contribution in [3.63, 3.8) is 0 Å². The van der Waals surface area contributed by atoms with Gasteiger partial charge in [-0.05, 0) is 38.2 Å². The minimum absolute atomic E-state index is 0.0133. The smallest absolute Gasteiger partial charge is 0.257 e. The van der Waals surface area contributed by atoms with Crippen LogP contribution in [-0.2, 0) is 5.75 Å². The van der Waals surface area contributed by atoms with Crippen LogP contribution in [0.1, 0.15) is 43.7 Å². The topological polar surface area (TPSA) is 60.5 Å². The van der Waals surface area contributed by atoms with Crippen molar-refractivity contribution in [2.75, 3.05) is 18.2 Å². The monoisotopic (exact) mass is 394 g/mol. The Hall–Kier alpha value is -1.73. The Morgan fingerprint density at radius 1 is 1.23 bits per heavy atom. The molecule has 0 fully saturated rings. The van der Waals surface area contributed by atoms with Gasteiger partial charge in [0.05, 0.1) is 18.4 Å². The standard InChI is InChI=1S/C19H26N2O3S2/c1-12(2)9-23-16-6-14(7-17(8-16)24-13(3)4)18(22)21-19-20-15(10-25-5)11-26-19/h6-8,11-13H,9-10H2,1-5H3,(H,20,21,22). The lowest BCUT2D eigenvalue weighted by atomic mass is 10.2. The largest absolute Gasteiger partial charge is 0.493 e. The molecular weight excluding hydrogens is 368 g/mol. The predicted molar refractivity (Wildman–Crippen MR) is 110 cm³/mol. The quantitative estimate of drug-likeness (QED) is 0.643. The number of aromatic nitrogens is 1. The van der Waals surface area contributed by atoms with Crippen molar-refractivity contribution in [2.45, 2.75) is 39.6 Å². The second-order valence-corrected chi connectivity index (χ2v) is 8.32. The number of rotatable bonds is 9. The van der Waals surface area contributed by atoms with Gasteiger partial charge >= 0.3 is 0 Å². The molecule has 0 aliphatic heterocycles. The molecule has 2 rings (SSSR count). The molecule has 0 bridgehead atoms. The van der Waals surface area contributed by atoms with Crippen LogP contribution in [-0.4, -0.2) is 29.9 Å². The number of carbonyl (C=O) groups is 1.